The molecule has 0 radical (unpaired) electrons. The number of esters is 3. The zero-order valence-electron chi connectivity index (χ0n) is 73.3. The number of phosphoric acid groups is 2. The standard InChI is InChI=1S/C99H164O16P2/c1-4-7-10-13-16-19-22-25-28-31-34-37-40-42-44-46-48-50-53-55-58-61-64-67-70-73-76-79-82-85-97(102)109-88-94(100)89-111-116(105,106)112-90-95(101)91-113-117(107,108)114-93-96(115-99(104)87-84-81-78-75-72-69-66-63-60-57-52-39-36-33-30-27-24-21-18-15-12-9-6-3)92-110-98(103)86-83-80-77-74-71-68-65-62-59-56-54-51-49-47-45-43-41-38-35-32-29-26-23-20-17-14-11-8-5-2/h7,9-10,12,16-21,25-30,34-39,42-45,48,50,57,60,66,69,94-96,100-101H,4-6,8,11,13-15,22-24,31-33,40-41,46-47,49,51-56,58-59,61-65,67-68,70-93H2,1-3H3,(H,105,106)(H,107,108)/b10-7-,12-9-,19-16-,20-17-,21-18-,28-25-,29-26-,30-27-,37-34-,38-35-,39-36-,44-42-,45-43-,50-48-,60-57-,69-66-. The number of unbranched alkanes of at least 4 members (excludes halogenated alkanes) is 30. The molecule has 0 aromatic rings. The molecule has 0 bridgehead atoms. The van der Waals surface area contributed by atoms with E-state index in [1.165, 1.54) is 109 Å². The average Bonchev–Trinajstić information content (AvgIpc) is 0.904. The van der Waals surface area contributed by atoms with Crippen molar-refractivity contribution in [1.82, 2.24) is 0 Å². The number of phosphoric ester groups is 2. The maximum Gasteiger partial charge on any atom is 0.472 e. The van der Waals surface area contributed by atoms with Crippen molar-refractivity contribution in [3.05, 3.63) is 194 Å². The number of allylic oxidation sites excluding steroid dienone is 32. The predicted octanol–water partition coefficient (Wildman–Crippen LogP) is 28.2. The third-order valence-electron chi connectivity index (χ3n) is 18.8. The van der Waals surface area contributed by atoms with Crippen molar-refractivity contribution in [3.63, 3.8) is 0 Å². The van der Waals surface area contributed by atoms with Gasteiger partial charge in [0.2, 0.25) is 0 Å². The summed E-state index contributed by atoms with van der Waals surface area (Å²) < 4.78 is 61.5. The molecule has 0 aliphatic heterocycles. The van der Waals surface area contributed by atoms with Crippen molar-refractivity contribution in [2.75, 3.05) is 39.6 Å². The Morgan fingerprint density at radius 2 is 0.453 bits per heavy atom. The van der Waals surface area contributed by atoms with Crippen molar-refractivity contribution in [2.45, 2.75) is 373 Å². The molecule has 0 aromatic carbocycles. The molecule has 18 heteroatoms. The number of rotatable bonds is 85. The molecule has 0 fully saturated rings. The lowest BCUT2D eigenvalue weighted by Gasteiger charge is -2.21. The van der Waals surface area contributed by atoms with E-state index in [2.05, 4.69) is 215 Å². The minimum atomic E-state index is -4.96. The van der Waals surface area contributed by atoms with Gasteiger partial charge in [-0.1, -0.05) is 363 Å². The third kappa shape index (κ3) is 91.0. The molecule has 4 N–H and O–H groups in total. The molecule has 0 saturated heterocycles. The molecule has 0 spiro atoms. The average molecular weight is 1670 g/mol. The summed E-state index contributed by atoms with van der Waals surface area (Å²) in [5.74, 6) is -1.61. The number of aliphatic hydroxyl groups excluding tert-OH is 2. The SMILES string of the molecule is CC/C=C\C/C=C\C/C=C\C/C=C\C/C=C\C/C=C\CCCCCCCCCCCCC(=O)OCC(O)COP(=O)(O)OCC(O)COP(=O)(O)OCC(COC(=O)CCCCCCCCCCCCCCC/C=C\C/C=C\C/C=C\C/C=C\CCCCC)OC(=O)CCCCCC/C=C\C/C=C\C/C=C\C/C=C\C/C=C\C/C=C\CC. The Labute approximate surface area is 712 Å². The van der Waals surface area contributed by atoms with Gasteiger partial charge in [-0.15, -0.1) is 0 Å². The molecule has 0 saturated carbocycles. The molecule has 0 amide bonds. The van der Waals surface area contributed by atoms with Gasteiger partial charge in [-0.05, 0) is 167 Å². The first-order valence-electron chi connectivity index (χ1n) is 45.7. The van der Waals surface area contributed by atoms with Crippen LogP contribution < -0.4 is 0 Å². The lowest BCUT2D eigenvalue weighted by atomic mass is 10.0. The van der Waals surface area contributed by atoms with E-state index in [0.29, 0.717) is 19.3 Å². The van der Waals surface area contributed by atoms with Gasteiger partial charge in [0.1, 0.15) is 25.4 Å². The third-order valence-corrected chi connectivity index (χ3v) is 20.7. The zero-order chi connectivity index (χ0) is 85.1. The highest BCUT2D eigenvalue weighted by atomic mass is 31.2. The maximum atomic E-state index is 13.1. The van der Waals surface area contributed by atoms with Gasteiger partial charge in [-0.25, -0.2) is 9.13 Å². The second-order valence-corrected chi connectivity index (χ2v) is 32.9. The fourth-order valence-electron chi connectivity index (χ4n) is 11.9. The minimum absolute atomic E-state index is 0.0682. The summed E-state index contributed by atoms with van der Waals surface area (Å²) in [4.78, 5) is 59.0. The highest BCUT2D eigenvalue weighted by Crippen LogP contribution is 2.45. The summed E-state index contributed by atoms with van der Waals surface area (Å²) in [6, 6.07) is 0. The molecule has 666 valence electrons. The summed E-state index contributed by atoms with van der Waals surface area (Å²) in [7, 11) is -9.83. The van der Waals surface area contributed by atoms with Gasteiger partial charge in [-0.2, -0.15) is 0 Å². The van der Waals surface area contributed by atoms with Crippen molar-refractivity contribution in [3.8, 4) is 0 Å². The second kappa shape index (κ2) is 89.6. The maximum absolute atomic E-state index is 13.1. The molecular formula is C99H164O16P2. The summed E-state index contributed by atoms with van der Waals surface area (Å²) in [6.45, 7) is 2.41. The Morgan fingerprint density at radius 3 is 0.718 bits per heavy atom. The molecule has 5 atom stereocenters. The Kier molecular flexibility index (Phi) is 85.3. The van der Waals surface area contributed by atoms with Crippen molar-refractivity contribution in [2.24, 2.45) is 0 Å². The summed E-state index contributed by atoms with van der Waals surface area (Å²) in [6.07, 6.45) is 119. The number of ether oxygens (including phenoxy) is 3. The fourth-order valence-corrected chi connectivity index (χ4v) is 13.5. The normalized spacial score (nSPS) is 14.7. The van der Waals surface area contributed by atoms with E-state index >= 15 is 0 Å². The minimum Gasteiger partial charge on any atom is -0.463 e. The molecule has 16 nitrogen and oxygen atoms in total. The number of aliphatic hydroxyl groups is 2. The van der Waals surface area contributed by atoms with Crippen LogP contribution in [0.5, 0.6) is 0 Å². The molecule has 117 heavy (non-hydrogen) atoms. The van der Waals surface area contributed by atoms with Gasteiger partial charge in [0, 0.05) is 19.3 Å². The van der Waals surface area contributed by atoms with Crippen LogP contribution in [0.15, 0.2) is 194 Å². The molecular weight excluding hydrogens is 1510 g/mol. The largest absolute Gasteiger partial charge is 0.472 e. The van der Waals surface area contributed by atoms with Crippen LogP contribution in [0, 0.1) is 0 Å². The van der Waals surface area contributed by atoms with E-state index in [1.54, 1.807) is 0 Å². The van der Waals surface area contributed by atoms with Crippen LogP contribution in [0.2, 0.25) is 0 Å². The van der Waals surface area contributed by atoms with Crippen LogP contribution >= 0.6 is 15.6 Å². The molecule has 0 aromatic heterocycles. The molecule has 0 aliphatic rings. The van der Waals surface area contributed by atoms with Gasteiger partial charge in [0.05, 0.1) is 26.4 Å². The monoisotopic (exact) mass is 1670 g/mol. The second-order valence-electron chi connectivity index (χ2n) is 30.0. The first-order valence-corrected chi connectivity index (χ1v) is 48.7. The van der Waals surface area contributed by atoms with Crippen LogP contribution in [-0.2, 0) is 55.8 Å². The Balaban J connectivity index is 4.69. The molecule has 0 aliphatic carbocycles. The molecule has 5 unspecified atom stereocenters. The lowest BCUT2D eigenvalue weighted by Crippen LogP contribution is -2.30. The predicted molar refractivity (Wildman–Crippen MR) is 491 cm³/mol. The van der Waals surface area contributed by atoms with Crippen LogP contribution in [0.3, 0.4) is 0 Å². The summed E-state index contributed by atoms with van der Waals surface area (Å²) in [5, 5.41) is 20.7. The number of carbonyl (C=O) groups excluding carboxylic acids is 3. The first-order chi connectivity index (χ1) is 57.2. The quantitative estimate of drug-likeness (QED) is 0.0146. The van der Waals surface area contributed by atoms with Crippen LogP contribution in [0.1, 0.15) is 355 Å². The Hall–Kier alpha value is -5.61. The van der Waals surface area contributed by atoms with Crippen LogP contribution in [0.4, 0.5) is 0 Å². The fraction of sp³-hybridized carbons (Fsp3) is 0.646. The van der Waals surface area contributed by atoms with E-state index in [1.807, 2.05) is 0 Å². The highest BCUT2D eigenvalue weighted by Gasteiger charge is 2.29. The van der Waals surface area contributed by atoms with E-state index < -0.39 is 91.5 Å². The van der Waals surface area contributed by atoms with E-state index in [9.17, 15) is 43.5 Å². The van der Waals surface area contributed by atoms with Crippen LogP contribution in [0.25, 0.3) is 0 Å². The van der Waals surface area contributed by atoms with Crippen LogP contribution in [-0.4, -0.2) is 95.9 Å². The van der Waals surface area contributed by atoms with Crippen molar-refractivity contribution < 1.29 is 75.8 Å². The van der Waals surface area contributed by atoms with Crippen molar-refractivity contribution in [1.29, 1.82) is 0 Å². The Bertz CT molecular complexity index is 2910. The Morgan fingerprint density at radius 1 is 0.248 bits per heavy atom. The number of hydrogen-bond donors (Lipinski definition) is 4. The lowest BCUT2D eigenvalue weighted by molar-refractivity contribution is -0.161. The van der Waals surface area contributed by atoms with Gasteiger partial charge in [0.25, 0.3) is 0 Å². The van der Waals surface area contributed by atoms with Gasteiger partial charge >= 0.3 is 33.6 Å². The highest BCUT2D eigenvalue weighted by molar-refractivity contribution is 7.47. The smallest absolute Gasteiger partial charge is 0.463 e. The molecule has 0 rings (SSSR count). The van der Waals surface area contributed by atoms with E-state index in [0.717, 1.165) is 186 Å². The zero-order valence-corrected chi connectivity index (χ0v) is 75.1. The summed E-state index contributed by atoms with van der Waals surface area (Å²) >= 11 is 0. The van der Waals surface area contributed by atoms with Gasteiger partial charge in [0.15, 0.2) is 6.10 Å². The van der Waals surface area contributed by atoms with Gasteiger partial charge in [-0.3, -0.25) is 32.5 Å². The van der Waals surface area contributed by atoms with Crippen molar-refractivity contribution >= 4 is 33.6 Å². The van der Waals surface area contributed by atoms with E-state index in [4.69, 9.17) is 32.3 Å². The van der Waals surface area contributed by atoms with Gasteiger partial charge < -0.3 is 34.2 Å². The summed E-state index contributed by atoms with van der Waals surface area (Å²) in [5.41, 5.74) is 0. The first kappa shape index (κ1) is 111. The topological polar surface area (TPSA) is 231 Å². The van der Waals surface area contributed by atoms with E-state index in [-0.39, 0.29) is 19.3 Å². The number of hydrogen-bond acceptors (Lipinski definition) is 14. The number of carbonyl (C=O) groups is 3. The molecule has 0 heterocycles.